The van der Waals surface area contributed by atoms with E-state index in [1.54, 1.807) is 23.9 Å². The molecular formula is C21H18FN3O2S. The first-order chi connectivity index (χ1) is 13.6. The minimum absolute atomic E-state index is 0.174. The summed E-state index contributed by atoms with van der Waals surface area (Å²) in [6, 6.07) is 16.3. The van der Waals surface area contributed by atoms with Crippen LogP contribution in [0.1, 0.15) is 29.4 Å². The third-order valence-corrected chi connectivity index (χ3v) is 5.57. The summed E-state index contributed by atoms with van der Waals surface area (Å²) in [5, 5.41) is 12.7. The van der Waals surface area contributed by atoms with E-state index in [1.165, 1.54) is 12.1 Å². The molecule has 4 rings (SSSR count). The summed E-state index contributed by atoms with van der Waals surface area (Å²) in [6.45, 7) is 3.89. The van der Waals surface area contributed by atoms with Crippen LogP contribution in [0.5, 0.6) is 0 Å². The topological polar surface area (TPSA) is 65.0 Å². The zero-order valence-corrected chi connectivity index (χ0v) is 16.2. The Morgan fingerprint density at radius 2 is 1.79 bits per heavy atom. The molecule has 0 saturated carbocycles. The lowest BCUT2D eigenvalue weighted by Gasteiger charge is -2.09. The van der Waals surface area contributed by atoms with Gasteiger partial charge in [0.05, 0.1) is 5.75 Å². The van der Waals surface area contributed by atoms with Crippen molar-refractivity contribution in [3.05, 3.63) is 77.6 Å². The second-order valence-electron chi connectivity index (χ2n) is 6.33. The van der Waals surface area contributed by atoms with Crippen molar-refractivity contribution in [2.24, 2.45) is 0 Å². The first-order valence-corrected chi connectivity index (χ1v) is 9.88. The quantitative estimate of drug-likeness (QED) is 0.409. The van der Waals surface area contributed by atoms with Crippen molar-refractivity contribution in [1.82, 2.24) is 15.4 Å². The second-order valence-corrected chi connectivity index (χ2v) is 7.66. The van der Waals surface area contributed by atoms with Crippen LogP contribution in [-0.2, 0) is 5.75 Å². The molecule has 0 N–H and O–H groups in total. The van der Waals surface area contributed by atoms with E-state index in [-0.39, 0.29) is 11.1 Å². The molecule has 1 atom stereocenters. The van der Waals surface area contributed by atoms with Gasteiger partial charge in [-0.1, -0.05) is 47.6 Å². The molecule has 2 aromatic carbocycles. The van der Waals surface area contributed by atoms with E-state index in [0.29, 0.717) is 34.6 Å². The van der Waals surface area contributed by atoms with Gasteiger partial charge in [0.15, 0.2) is 0 Å². The van der Waals surface area contributed by atoms with E-state index >= 15 is 0 Å². The van der Waals surface area contributed by atoms with Crippen LogP contribution in [0.4, 0.5) is 4.39 Å². The Labute approximate surface area is 166 Å². The van der Waals surface area contributed by atoms with Gasteiger partial charge in [0.25, 0.3) is 5.89 Å². The highest BCUT2D eigenvalue weighted by atomic mass is 32.2. The number of rotatable bonds is 6. The van der Waals surface area contributed by atoms with E-state index in [0.717, 1.165) is 11.1 Å². The smallest absolute Gasteiger partial charge is 0.253 e. The Hall–Kier alpha value is -2.93. The van der Waals surface area contributed by atoms with Crippen LogP contribution in [0.15, 0.2) is 63.5 Å². The average molecular weight is 395 g/mol. The molecule has 0 amide bonds. The first-order valence-electron chi connectivity index (χ1n) is 8.83. The Morgan fingerprint density at radius 3 is 2.54 bits per heavy atom. The van der Waals surface area contributed by atoms with Crippen molar-refractivity contribution >= 4 is 11.8 Å². The van der Waals surface area contributed by atoms with Crippen LogP contribution in [-0.4, -0.2) is 15.4 Å². The Morgan fingerprint density at radius 1 is 1.04 bits per heavy atom. The molecule has 0 fully saturated rings. The average Bonchev–Trinajstić information content (AvgIpc) is 3.33. The normalized spacial score (nSPS) is 12.2. The SMILES string of the molecule is Cc1onc(-c2ccccc2)c1-c1nnc(CSC(C)c2ccc(F)cc2)o1. The molecule has 2 aromatic heterocycles. The van der Waals surface area contributed by atoms with E-state index < -0.39 is 0 Å². The fourth-order valence-corrected chi connectivity index (χ4v) is 3.72. The number of hydrogen-bond donors (Lipinski definition) is 0. The van der Waals surface area contributed by atoms with E-state index in [2.05, 4.69) is 22.3 Å². The van der Waals surface area contributed by atoms with Gasteiger partial charge >= 0.3 is 0 Å². The monoisotopic (exact) mass is 395 g/mol. The molecule has 0 aliphatic rings. The molecular weight excluding hydrogens is 377 g/mol. The number of aryl methyl sites for hydroxylation is 1. The molecule has 5 nitrogen and oxygen atoms in total. The maximum Gasteiger partial charge on any atom is 0.253 e. The Kier molecular flexibility index (Phi) is 5.25. The molecule has 0 radical (unpaired) electrons. The van der Waals surface area contributed by atoms with Crippen molar-refractivity contribution in [3.63, 3.8) is 0 Å². The van der Waals surface area contributed by atoms with Gasteiger partial charge in [-0.2, -0.15) is 0 Å². The number of thioether (sulfide) groups is 1. The van der Waals surface area contributed by atoms with Crippen LogP contribution in [0.25, 0.3) is 22.7 Å². The van der Waals surface area contributed by atoms with Crippen molar-refractivity contribution in [1.29, 1.82) is 0 Å². The van der Waals surface area contributed by atoms with Crippen LogP contribution < -0.4 is 0 Å². The van der Waals surface area contributed by atoms with Gasteiger partial charge in [0, 0.05) is 10.8 Å². The van der Waals surface area contributed by atoms with E-state index in [1.807, 2.05) is 37.3 Å². The zero-order chi connectivity index (χ0) is 19.5. The minimum Gasteiger partial charge on any atom is -0.420 e. The number of aromatic nitrogens is 3. The van der Waals surface area contributed by atoms with Gasteiger partial charge in [-0.25, -0.2) is 4.39 Å². The van der Waals surface area contributed by atoms with Crippen molar-refractivity contribution in [3.8, 4) is 22.7 Å². The largest absolute Gasteiger partial charge is 0.420 e. The molecule has 4 aromatic rings. The van der Waals surface area contributed by atoms with E-state index in [4.69, 9.17) is 8.94 Å². The number of benzene rings is 2. The zero-order valence-electron chi connectivity index (χ0n) is 15.4. The number of hydrogen-bond acceptors (Lipinski definition) is 6. The van der Waals surface area contributed by atoms with Crippen molar-refractivity contribution < 1.29 is 13.3 Å². The van der Waals surface area contributed by atoms with Gasteiger partial charge in [-0.05, 0) is 31.5 Å². The molecule has 1 unspecified atom stereocenters. The summed E-state index contributed by atoms with van der Waals surface area (Å²) >= 11 is 1.65. The molecule has 0 aliphatic heterocycles. The van der Waals surface area contributed by atoms with Crippen LogP contribution >= 0.6 is 11.8 Å². The molecule has 7 heteroatoms. The van der Waals surface area contributed by atoms with Crippen molar-refractivity contribution in [2.75, 3.05) is 0 Å². The van der Waals surface area contributed by atoms with Gasteiger partial charge in [0.1, 0.15) is 22.8 Å². The molecule has 0 spiro atoms. The molecule has 142 valence electrons. The Bertz CT molecular complexity index is 1060. The molecule has 0 aliphatic carbocycles. The molecule has 0 bridgehead atoms. The molecule has 28 heavy (non-hydrogen) atoms. The summed E-state index contributed by atoms with van der Waals surface area (Å²) in [4.78, 5) is 0. The summed E-state index contributed by atoms with van der Waals surface area (Å²) in [5.41, 5.74) is 3.36. The summed E-state index contributed by atoms with van der Waals surface area (Å²) < 4.78 is 24.3. The fraction of sp³-hybridized carbons (Fsp3) is 0.190. The molecule has 0 saturated heterocycles. The van der Waals surface area contributed by atoms with E-state index in [9.17, 15) is 4.39 Å². The highest BCUT2D eigenvalue weighted by molar-refractivity contribution is 7.98. The van der Waals surface area contributed by atoms with Gasteiger partial charge in [-0.3, -0.25) is 0 Å². The lowest BCUT2D eigenvalue weighted by atomic mass is 10.1. The highest BCUT2D eigenvalue weighted by Gasteiger charge is 2.22. The Balaban J connectivity index is 1.51. The minimum atomic E-state index is -0.235. The number of halogens is 1. The lowest BCUT2D eigenvalue weighted by molar-refractivity contribution is 0.399. The third kappa shape index (κ3) is 3.84. The summed E-state index contributed by atoms with van der Waals surface area (Å²) in [6.07, 6.45) is 0. The second kappa shape index (κ2) is 7.98. The number of nitrogens with zero attached hydrogens (tertiary/aromatic N) is 3. The van der Waals surface area contributed by atoms with Gasteiger partial charge < -0.3 is 8.94 Å². The van der Waals surface area contributed by atoms with Crippen molar-refractivity contribution in [2.45, 2.75) is 24.9 Å². The van der Waals surface area contributed by atoms with Crippen LogP contribution in [0.2, 0.25) is 0 Å². The maximum absolute atomic E-state index is 13.1. The fourth-order valence-electron chi connectivity index (χ4n) is 2.86. The van der Waals surface area contributed by atoms with Gasteiger partial charge in [-0.15, -0.1) is 22.0 Å². The van der Waals surface area contributed by atoms with Crippen LogP contribution in [0, 0.1) is 12.7 Å². The predicted molar refractivity (Wildman–Crippen MR) is 106 cm³/mol. The lowest BCUT2D eigenvalue weighted by Crippen LogP contribution is -1.90. The first kappa shape index (κ1) is 18.4. The third-order valence-electron chi connectivity index (χ3n) is 4.39. The maximum atomic E-state index is 13.1. The summed E-state index contributed by atoms with van der Waals surface area (Å²) in [7, 11) is 0. The van der Waals surface area contributed by atoms with Gasteiger partial charge in [0.2, 0.25) is 5.89 Å². The molecule has 2 heterocycles. The van der Waals surface area contributed by atoms with Crippen LogP contribution in [0.3, 0.4) is 0 Å². The standard InChI is InChI=1S/C21H18FN3O2S/c1-13-19(20(25-27-13)16-6-4-3-5-7-16)21-24-23-18(26-21)12-28-14(2)15-8-10-17(22)11-9-15/h3-11,14H,12H2,1-2H3. The summed E-state index contributed by atoms with van der Waals surface area (Å²) in [5.74, 6) is 1.86. The predicted octanol–water partition coefficient (Wildman–Crippen LogP) is 5.83. The highest BCUT2D eigenvalue weighted by Crippen LogP contribution is 2.35.